The molecule has 3 nitrogen and oxygen atoms in total. The van der Waals surface area contributed by atoms with Crippen LogP contribution in [0.5, 0.6) is 0 Å². The quantitative estimate of drug-likeness (QED) is 0.440. The summed E-state index contributed by atoms with van der Waals surface area (Å²) in [5.74, 6) is -0.204. The second-order valence-corrected chi connectivity index (χ2v) is 6.52. The van der Waals surface area contributed by atoms with Crippen LogP contribution in [-0.4, -0.2) is 17.9 Å². The Bertz CT molecular complexity index is 1060. The van der Waals surface area contributed by atoms with Crippen LogP contribution < -0.4 is 5.32 Å². The Kier molecular flexibility index (Phi) is 5.96. The fourth-order valence-corrected chi connectivity index (χ4v) is 3.59. The first kappa shape index (κ1) is 19.8. The van der Waals surface area contributed by atoms with E-state index in [1.165, 1.54) is 11.9 Å². The molecule has 3 aromatic rings. The van der Waals surface area contributed by atoms with Gasteiger partial charge in [0.1, 0.15) is 0 Å². The van der Waals surface area contributed by atoms with E-state index in [9.17, 15) is 9.59 Å². The largest absolute Gasteiger partial charge is 0.354 e. The highest BCUT2D eigenvalue weighted by atomic mass is 35.5. The number of para-hydroxylation sites is 1. The highest BCUT2D eigenvalue weighted by Crippen LogP contribution is 2.34. The Balaban J connectivity index is 0.00000109. The van der Waals surface area contributed by atoms with Crippen LogP contribution in [0, 0.1) is 6.92 Å². The molecule has 3 aromatic carbocycles. The Morgan fingerprint density at radius 3 is 2.07 bits per heavy atom. The van der Waals surface area contributed by atoms with Crippen LogP contribution in [-0.2, 0) is 6.42 Å². The van der Waals surface area contributed by atoms with E-state index in [1.807, 2.05) is 31.2 Å². The van der Waals surface area contributed by atoms with Gasteiger partial charge in [-0.3, -0.25) is 9.59 Å². The van der Waals surface area contributed by atoms with Crippen molar-refractivity contribution in [2.45, 2.75) is 20.3 Å². The molecular weight excluding hydrogens is 370 g/mol. The van der Waals surface area contributed by atoms with Crippen molar-refractivity contribution in [3.05, 3.63) is 94.0 Å². The minimum atomic E-state index is -0.107. The van der Waals surface area contributed by atoms with Gasteiger partial charge in [0.05, 0.1) is 11.3 Å². The molecule has 0 fully saturated rings. The van der Waals surface area contributed by atoms with Gasteiger partial charge in [-0.25, -0.2) is 0 Å². The number of carbonyl (C=O) groups excluding carboxylic acids is 2. The maximum absolute atomic E-state index is 13.1. The predicted molar refractivity (Wildman–Crippen MR) is 115 cm³/mol. The molecule has 0 saturated carbocycles. The SMILES string of the molecule is CCc1cccc(C)c1Nc1cccc2c1C(=O)c1ccccc1C2=O.CCl. The maximum atomic E-state index is 13.1. The molecule has 0 bridgehead atoms. The van der Waals surface area contributed by atoms with Crippen LogP contribution in [0.1, 0.15) is 49.9 Å². The third-order valence-corrected chi connectivity index (χ3v) is 4.95. The lowest BCUT2D eigenvalue weighted by Gasteiger charge is -2.22. The van der Waals surface area contributed by atoms with Crippen molar-refractivity contribution in [2.75, 3.05) is 11.7 Å². The van der Waals surface area contributed by atoms with E-state index in [2.05, 4.69) is 29.9 Å². The first-order valence-electron chi connectivity index (χ1n) is 9.16. The molecule has 4 rings (SSSR count). The minimum absolute atomic E-state index is 0.0978. The van der Waals surface area contributed by atoms with E-state index in [-0.39, 0.29) is 11.6 Å². The van der Waals surface area contributed by atoms with E-state index in [0.29, 0.717) is 27.9 Å². The fraction of sp³-hybridized carbons (Fsp3) is 0.167. The normalized spacial score (nSPS) is 11.9. The van der Waals surface area contributed by atoms with Gasteiger partial charge in [-0.1, -0.05) is 61.5 Å². The smallest absolute Gasteiger partial charge is 0.196 e. The zero-order valence-corrected chi connectivity index (χ0v) is 16.9. The monoisotopic (exact) mass is 391 g/mol. The minimum Gasteiger partial charge on any atom is -0.354 e. The summed E-state index contributed by atoms with van der Waals surface area (Å²) in [5, 5.41) is 3.43. The number of ketones is 2. The molecule has 1 aliphatic rings. The Hall–Kier alpha value is -2.91. The lowest BCUT2D eigenvalue weighted by atomic mass is 9.83. The van der Waals surface area contributed by atoms with E-state index in [1.54, 1.807) is 30.3 Å². The Morgan fingerprint density at radius 1 is 0.786 bits per heavy atom. The number of anilines is 2. The molecule has 4 heteroatoms. The van der Waals surface area contributed by atoms with Gasteiger partial charge in [0.25, 0.3) is 0 Å². The van der Waals surface area contributed by atoms with Crippen LogP contribution in [0.2, 0.25) is 0 Å². The molecule has 0 spiro atoms. The summed E-state index contributed by atoms with van der Waals surface area (Å²) in [5.41, 5.74) is 5.84. The third kappa shape index (κ3) is 3.34. The van der Waals surface area contributed by atoms with Crippen molar-refractivity contribution < 1.29 is 9.59 Å². The second-order valence-electron chi connectivity index (χ2n) is 6.52. The zero-order chi connectivity index (χ0) is 20.3. The molecule has 0 heterocycles. The molecular formula is C24H22ClNO2. The number of halogens is 1. The van der Waals surface area contributed by atoms with Crippen LogP contribution in [0.3, 0.4) is 0 Å². The number of rotatable bonds is 3. The number of hydrogen-bond donors (Lipinski definition) is 1. The lowest BCUT2D eigenvalue weighted by Crippen LogP contribution is -2.22. The molecule has 0 radical (unpaired) electrons. The van der Waals surface area contributed by atoms with Gasteiger partial charge < -0.3 is 5.32 Å². The van der Waals surface area contributed by atoms with Crippen molar-refractivity contribution in [2.24, 2.45) is 0 Å². The number of carbonyl (C=O) groups is 2. The van der Waals surface area contributed by atoms with E-state index < -0.39 is 0 Å². The average molecular weight is 392 g/mol. The number of fused-ring (bicyclic) bond motifs is 2. The Morgan fingerprint density at radius 2 is 1.39 bits per heavy atom. The molecule has 28 heavy (non-hydrogen) atoms. The van der Waals surface area contributed by atoms with Gasteiger partial charge in [-0.2, -0.15) is 0 Å². The molecule has 0 unspecified atom stereocenters. The Labute approximate surface area is 170 Å². The molecule has 142 valence electrons. The molecule has 1 N–H and O–H groups in total. The number of benzene rings is 3. The standard InChI is InChI=1S/C23H19NO2.CH3Cl/c1-3-15-9-6-8-14(2)21(15)24-19-13-7-12-18-20(19)23(26)17-11-5-4-10-16(17)22(18)25;1-2/h4-13,24H,3H2,1-2H3;1H3. The van der Waals surface area contributed by atoms with Crippen molar-refractivity contribution in [1.82, 2.24) is 0 Å². The van der Waals surface area contributed by atoms with Crippen molar-refractivity contribution in [3.8, 4) is 0 Å². The van der Waals surface area contributed by atoms with Gasteiger partial charge in [0.2, 0.25) is 0 Å². The second kappa shape index (κ2) is 8.41. The summed E-state index contributed by atoms with van der Waals surface area (Å²) < 4.78 is 0. The van der Waals surface area contributed by atoms with Gasteiger partial charge in [0, 0.05) is 28.8 Å². The van der Waals surface area contributed by atoms with E-state index in [4.69, 9.17) is 0 Å². The van der Waals surface area contributed by atoms with Crippen LogP contribution >= 0.6 is 11.6 Å². The van der Waals surface area contributed by atoms with Gasteiger partial charge in [-0.05, 0) is 30.5 Å². The molecule has 1 aliphatic carbocycles. The fourth-order valence-electron chi connectivity index (χ4n) is 3.59. The highest BCUT2D eigenvalue weighted by molar-refractivity contribution is 6.30. The molecule has 0 aliphatic heterocycles. The summed E-state index contributed by atoms with van der Waals surface area (Å²) in [6.45, 7) is 4.14. The summed E-state index contributed by atoms with van der Waals surface area (Å²) in [7, 11) is 0. The van der Waals surface area contributed by atoms with Crippen LogP contribution in [0.25, 0.3) is 0 Å². The summed E-state index contributed by atoms with van der Waals surface area (Å²) >= 11 is 4.64. The maximum Gasteiger partial charge on any atom is 0.196 e. The first-order valence-corrected chi connectivity index (χ1v) is 9.92. The first-order chi connectivity index (χ1) is 13.6. The van der Waals surface area contributed by atoms with E-state index >= 15 is 0 Å². The van der Waals surface area contributed by atoms with E-state index in [0.717, 1.165) is 17.7 Å². The van der Waals surface area contributed by atoms with Crippen LogP contribution in [0.15, 0.2) is 60.7 Å². The lowest BCUT2D eigenvalue weighted by molar-refractivity contribution is 0.0979. The molecule has 0 saturated heterocycles. The van der Waals surface area contributed by atoms with Crippen molar-refractivity contribution >= 4 is 34.5 Å². The number of hydrogen-bond acceptors (Lipinski definition) is 3. The van der Waals surface area contributed by atoms with Crippen molar-refractivity contribution in [3.63, 3.8) is 0 Å². The van der Waals surface area contributed by atoms with Gasteiger partial charge in [-0.15, -0.1) is 11.6 Å². The van der Waals surface area contributed by atoms with Crippen LogP contribution in [0.4, 0.5) is 11.4 Å². The van der Waals surface area contributed by atoms with Crippen molar-refractivity contribution in [1.29, 1.82) is 0 Å². The predicted octanol–water partition coefficient (Wildman–Crippen LogP) is 5.93. The number of nitrogens with one attached hydrogen (secondary N) is 1. The summed E-state index contributed by atoms with van der Waals surface area (Å²) in [6, 6.07) is 18.6. The zero-order valence-electron chi connectivity index (χ0n) is 16.2. The average Bonchev–Trinajstić information content (AvgIpc) is 2.74. The molecule has 0 amide bonds. The third-order valence-electron chi connectivity index (χ3n) is 4.95. The summed E-state index contributed by atoms with van der Waals surface area (Å²) in [6.07, 6.45) is 2.36. The summed E-state index contributed by atoms with van der Waals surface area (Å²) in [4.78, 5) is 26.0. The molecule has 0 aromatic heterocycles. The molecule has 0 atom stereocenters. The van der Waals surface area contributed by atoms with Gasteiger partial charge >= 0.3 is 0 Å². The number of alkyl halides is 1. The van der Waals surface area contributed by atoms with Gasteiger partial charge in [0.15, 0.2) is 11.6 Å². The topological polar surface area (TPSA) is 46.2 Å². The highest BCUT2D eigenvalue weighted by Gasteiger charge is 2.31. The number of aryl methyl sites for hydroxylation is 2.